The van der Waals surface area contributed by atoms with Gasteiger partial charge >= 0.3 is 6.03 Å². The average molecular weight is 330 g/mol. The minimum absolute atomic E-state index is 0.0209. The predicted octanol–water partition coefficient (Wildman–Crippen LogP) is 0.564. The average Bonchev–Trinajstić information content (AvgIpc) is 2.83. The molecule has 0 bridgehead atoms. The second-order valence-corrected chi connectivity index (χ2v) is 6.59. The normalized spacial score (nSPS) is 30.0. The van der Waals surface area contributed by atoms with Gasteiger partial charge in [0.2, 0.25) is 0 Å². The van der Waals surface area contributed by atoms with Crippen molar-refractivity contribution in [1.29, 1.82) is 0 Å². The van der Waals surface area contributed by atoms with E-state index in [1.54, 1.807) is 31.2 Å². The van der Waals surface area contributed by atoms with Crippen LogP contribution in [0.25, 0.3) is 0 Å². The lowest BCUT2D eigenvalue weighted by Gasteiger charge is -2.38. The van der Waals surface area contributed by atoms with Crippen molar-refractivity contribution in [3.63, 3.8) is 0 Å². The van der Waals surface area contributed by atoms with Crippen LogP contribution >= 0.6 is 0 Å². The van der Waals surface area contributed by atoms with E-state index in [0.717, 1.165) is 6.54 Å². The van der Waals surface area contributed by atoms with Crippen molar-refractivity contribution in [2.75, 3.05) is 13.1 Å². The molecule has 3 unspecified atom stereocenters. The molecule has 128 valence electrons. The number of nitrogens with zero attached hydrogens (tertiary/aromatic N) is 1. The van der Waals surface area contributed by atoms with Gasteiger partial charge in [-0.3, -0.25) is 14.9 Å². The summed E-state index contributed by atoms with van der Waals surface area (Å²) in [5, 5.41) is 8.20. The van der Waals surface area contributed by atoms with Crippen LogP contribution in [0.5, 0.6) is 0 Å². The Bertz CT molecular complexity index is 688. The van der Waals surface area contributed by atoms with Gasteiger partial charge in [0.05, 0.1) is 0 Å². The first-order chi connectivity index (χ1) is 11.3. The number of benzene rings is 1. The Morgan fingerprint density at radius 2 is 1.88 bits per heavy atom. The largest absolute Gasteiger partial charge is 0.333 e. The van der Waals surface area contributed by atoms with E-state index in [0.29, 0.717) is 17.7 Å². The highest BCUT2D eigenvalue weighted by Gasteiger charge is 2.43. The molecule has 24 heavy (non-hydrogen) atoms. The van der Waals surface area contributed by atoms with Crippen LogP contribution in [0.2, 0.25) is 0 Å². The van der Waals surface area contributed by atoms with Crippen LogP contribution in [0.4, 0.5) is 4.79 Å². The maximum absolute atomic E-state index is 12.7. The maximum atomic E-state index is 12.7. The Balaban J connectivity index is 1.81. The topological polar surface area (TPSA) is 90.5 Å². The Kier molecular flexibility index (Phi) is 4.04. The molecule has 7 nitrogen and oxygen atoms in total. The Morgan fingerprint density at radius 1 is 1.21 bits per heavy atom. The van der Waals surface area contributed by atoms with Crippen LogP contribution in [0, 0.1) is 0 Å². The molecule has 3 atom stereocenters. The number of carbonyl (C=O) groups excluding carboxylic acids is 3. The Morgan fingerprint density at radius 3 is 2.46 bits per heavy atom. The summed E-state index contributed by atoms with van der Waals surface area (Å²) in [6.07, 6.45) is 0. The zero-order valence-electron chi connectivity index (χ0n) is 14.1. The Labute approximate surface area is 140 Å². The van der Waals surface area contributed by atoms with Crippen molar-refractivity contribution in [3.8, 4) is 0 Å². The fourth-order valence-electron chi connectivity index (χ4n) is 3.20. The highest BCUT2D eigenvalue weighted by atomic mass is 16.2. The van der Waals surface area contributed by atoms with Gasteiger partial charge in [-0.1, -0.05) is 12.1 Å². The van der Waals surface area contributed by atoms with Crippen LogP contribution in [0.15, 0.2) is 24.3 Å². The number of nitrogens with one attached hydrogen (secondary N) is 3. The van der Waals surface area contributed by atoms with Gasteiger partial charge in [-0.05, 0) is 38.5 Å². The SMILES string of the molecule is CC1NCCN(C(=O)c2ccc(C3(C)NC(=O)NC3=O)cc2)C1C. The monoisotopic (exact) mass is 330 g/mol. The van der Waals surface area contributed by atoms with E-state index >= 15 is 0 Å². The van der Waals surface area contributed by atoms with E-state index in [-0.39, 0.29) is 18.0 Å². The molecule has 7 heteroatoms. The zero-order chi connectivity index (χ0) is 17.5. The van der Waals surface area contributed by atoms with Crippen molar-refractivity contribution in [1.82, 2.24) is 20.9 Å². The summed E-state index contributed by atoms with van der Waals surface area (Å²) in [4.78, 5) is 38.0. The van der Waals surface area contributed by atoms with E-state index in [1.165, 1.54) is 0 Å². The number of piperazine rings is 1. The highest BCUT2D eigenvalue weighted by molar-refractivity contribution is 6.07. The number of imide groups is 1. The molecular weight excluding hydrogens is 308 g/mol. The molecule has 2 saturated heterocycles. The number of amides is 4. The minimum atomic E-state index is -1.10. The number of urea groups is 1. The summed E-state index contributed by atoms with van der Waals surface area (Å²) in [6, 6.07) is 6.71. The third kappa shape index (κ3) is 2.65. The molecular formula is C17H22N4O3. The standard InChI is InChI=1S/C17H22N4O3/c1-10-11(2)21(9-8-18-10)14(22)12-4-6-13(7-5-12)17(3)15(23)19-16(24)20-17/h4-7,10-11,18H,8-9H2,1-3H3,(H2,19,20,23,24). The van der Waals surface area contributed by atoms with Gasteiger partial charge in [0.25, 0.3) is 11.8 Å². The molecule has 0 saturated carbocycles. The van der Waals surface area contributed by atoms with Gasteiger partial charge in [-0.15, -0.1) is 0 Å². The lowest BCUT2D eigenvalue weighted by atomic mass is 9.91. The lowest BCUT2D eigenvalue weighted by molar-refractivity contribution is -0.123. The molecule has 1 aromatic rings. The molecule has 0 radical (unpaired) electrons. The fourth-order valence-corrected chi connectivity index (χ4v) is 3.20. The Hall–Kier alpha value is -2.41. The number of carbonyl (C=O) groups is 3. The first kappa shape index (κ1) is 16.4. The van der Waals surface area contributed by atoms with E-state index in [1.807, 2.05) is 11.8 Å². The molecule has 4 amide bonds. The van der Waals surface area contributed by atoms with Crippen LogP contribution in [-0.2, 0) is 10.3 Å². The van der Waals surface area contributed by atoms with Gasteiger partial charge in [-0.25, -0.2) is 4.79 Å². The minimum Gasteiger partial charge on any atom is -0.333 e. The molecule has 2 aliphatic rings. The molecule has 1 aromatic carbocycles. The molecule has 3 rings (SSSR count). The number of hydrogen-bond donors (Lipinski definition) is 3. The van der Waals surface area contributed by atoms with Gasteiger partial charge in [0.1, 0.15) is 5.54 Å². The van der Waals surface area contributed by atoms with Gasteiger partial charge in [0.15, 0.2) is 0 Å². The first-order valence-electron chi connectivity index (χ1n) is 8.11. The van der Waals surface area contributed by atoms with E-state index in [9.17, 15) is 14.4 Å². The molecule has 0 spiro atoms. The second kappa shape index (κ2) is 5.90. The van der Waals surface area contributed by atoms with Crippen molar-refractivity contribution in [2.45, 2.75) is 38.4 Å². The summed E-state index contributed by atoms with van der Waals surface area (Å²) in [7, 11) is 0. The molecule has 0 aliphatic carbocycles. The zero-order valence-corrected chi connectivity index (χ0v) is 14.1. The summed E-state index contributed by atoms with van der Waals surface area (Å²) in [6.45, 7) is 7.18. The molecule has 2 aliphatic heterocycles. The smallest absolute Gasteiger partial charge is 0.322 e. The summed E-state index contributed by atoms with van der Waals surface area (Å²) in [5.74, 6) is -0.413. The van der Waals surface area contributed by atoms with Crippen molar-refractivity contribution >= 4 is 17.8 Å². The summed E-state index contributed by atoms with van der Waals surface area (Å²) >= 11 is 0. The van der Waals surface area contributed by atoms with Crippen molar-refractivity contribution in [2.24, 2.45) is 0 Å². The third-order valence-corrected chi connectivity index (χ3v) is 5.05. The van der Waals surface area contributed by atoms with E-state index in [4.69, 9.17) is 0 Å². The summed E-state index contributed by atoms with van der Waals surface area (Å²) in [5.41, 5.74) is 0.118. The van der Waals surface area contributed by atoms with Crippen LogP contribution in [-0.4, -0.2) is 47.9 Å². The predicted molar refractivity (Wildman–Crippen MR) is 88.4 cm³/mol. The van der Waals surface area contributed by atoms with E-state index in [2.05, 4.69) is 22.9 Å². The van der Waals surface area contributed by atoms with Crippen LogP contribution < -0.4 is 16.0 Å². The second-order valence-electron chi connectivity index (χ2n) is 6.59. The molecule has 3 N–H and O–H groups in total. The third-order valence-electron chi connectivity index (χ3n) is 5.05. The number of rotatable bonds is 2. The van der Waals surface area contributed by atoms with Gasteiger partial charge in [0, 0.05) is 30.7 Å². The molecule has 2 heterocycles. The van der Waals surface area contributed by atoms with Crippen LogP contribution in [0.3, 0.4) is 0 Å². The van der Waals surface area contributed by atoms with Gasteiger partial charge in [-0.2, -0.15) is 0 Å². The summed E-state index contributed by atoms with van der Waals surface area (Å²) < 4.78 is 0. The maximum Gasteiger partial charge on any atom is 0.322 e. The fraction of sp³-hybridized carbons (Fsp3) is 0.471. The van der Waals surface area contributed by atoms with Crippen LogP contribution in [0.1, 0.15) is 36.7 Å². The highest BCUT2D eigenvalue weighted by Crippen LogP contribution is 2.25. The number of hydrogen-bond acceptors (Lipinski definition) is 4. The van der Waals surface area contributed by atoms with Crippen molar-refractivity contribution in [3.05, 3.63) is 35.4 Å². The first-order valence-corrected chi connectivity index (χ1v) is 8.11. The quantitative estimate of drug-likeness (QED) is 0.691. The van der Waals surface area contributed by atoms with E-state index < -0.39 is 17.5 Å². The molecule has 0 aromatic heterocycles. The van der Waals surface area contributed by atoms with Crippen molar-refractivity contribution < 1.29 is 14.4 Å². The van der Waals surface area contributed by atoms with Gasteiger partial charge < -0.3 is 15.5 Å². The lowest BCUT2D eigenvalue weighted by Crippen LogP contribution is -2.57. The molecule has 2 fully saturated rings.